The van der Waals surface area contributed by atoms with Crippen LogP contribution in [0.1, 0.15) is 11.1 Å². The molecule has 1 heterocycles. The van der Waals surface area contributed by atoms with E-state index in [-0.39, 0.29) is 0 Å². The maximum Gasteiger partial charge on any atom is 0.100 e. The van der Waals surface area contributed by atoms with Crippen LogP contribution in [-0.2, 0) is 13.1 Å². The number of imidazole rings is 1. The first-order chi connectivity index (χ1) is 12.3. The van der Waals surface area contributed by atoms with Crippen molar-refractivity contribution in [2.75, 3.05) is 0 Å². The third-order valence-electron chi connectivity index (χ3n) is 4.24. The predicted molar refractivity (Wildman–Crippen MR) is 103 cm³/mol. The molecule has 25 heavy (non-hydrogen) atoms. The maximum absolute atomic E-state index is 5.91. The van der Waals surface area contributed by atoms with Gasteiger partial charge in [0.2, 0.25) is 0 Å². The first-order valence-corrected chi connectivity index (χ1v) is 8.64. The molecule has 0 spiro atoms. The van der Waals surface area contributed by atoms with Gasteiger partial charge in [-0.25, -0.2) is 4.98 Å². The lowest BCUT2D eigenvalue weighted by Gasteiger charge is -2.08. The molecule has 4 aromatic rings. The number of para-hydroxylation sites is 2. The summed E-state index contributed by atoms with van der Waals surface area (Å²) in [6.45, 7) is 1.65. The molecule has 0 bridgehead atoms. The average molecular weight is 348 g/mol. The van der Waals surface area contributed by atoms with Crippen molar-refractivity contribution in [1.82, 2.24) is 14.9 Å². The van der Waals surface area contributed by atoms with Crippen molar-refractivity contribution >= 4 is 22.6 Å². The van der Waals surface area contributed by atoms with Crippen LogP contribution in [0.3, 0.4) is 0 Å². The Morgan fingerprint density at radius 3 is 2.16 bits per heavy atom. The summed E-state index contributed by atoms with van der Waals surface area (Å²) < 4.78 is 2.11. The van der Waals surface area contributed by atoms with Crippen molar-refractivity contribution in [3.63, 3.8) is 0 Å². The van der Waals surface area contributed by atoms with Crippen molar-refractivity contribution < 1.29 is 0 Å². The largest absolute Gasteiger partial charge is 0.309 e. The van der Waals surface area contributed by atoms with Gasteiger partial charge in [-0.2, -0.15) is 0 Å². The Balaban J connectivity index is 1.42. The van der Waals surface area contributed by atoms with Crippen molar-refractivity contribution in [2.45, 2.75) is 13.1 Å². The highest BCUT2D eigenvalue weighted by molar-refractivity contribution is 6.30. The van der Waals surface area contributed by atoms with Crippen LogP contribution >= 0.6 is 11.6 Å². The van der Waals surface area contributed by atoms with E-state index >= 15 is 0 Å². The van der Waals surface area contributed by atoms with Crippen molar-refractivity contribution in [2.24, 2.45) is 0 Å². The molecule has 0 aliphatic carbocycles. The Labute approximate surface area is 151 Å². The molecule has 0 atom stereocenters. The van der Waals surface area contributed by atoms with Crippen LogP contribution in [0.2, 0.25) is 5.02 Å². The zero-order chi connectivity index (χ0) is 17.1. The molecule has 1 N–H and O–H groups in total. The first-order valence-electron chi connectivity index (χ1n) is 8.26. The number of rotatable bonds is 5. The fourth-order valence-electron chi connectivity index (χ4n) is 2.89. The highest BCUT2D eigenvalue weighted by Crippen LogP contribution is 2.18. The van der Waals surface area contributed by atoms with E-state index in [2.05, 4.69) is 45.2 Å². The molecule has 0 unspecified atom stereocenters. The second-order valence-corrected chi connectivity index (χ2v) is 6.44. The summed E-state index contributed by atoms with van der Waals surface area (Å²) in [5.74, 6) is 0. The molecule has 0 aliphatic rings. The van der Waals surface area contributed by atoms with E-state index in [9.17, 15) is 0 Å². The monoisotopic (exact) mass is 347 g/mol. The van der Waals surface area contributed by atoms with Gasteiger partial charge in [-0.05, 0) is 47.5 Å². The molecule has 124 valence electrons. The molecule has 0 aliphatic heterocycles. The first kappa shape index (κ1) is 15.9. The molecule has 0 saturated heterocycles. The van der Waals surface area contributed by atoms with Crippen molar-refractivity contribution in [1.29, 1.82) is 0 Å². The zero-order valence-corrected chi connectivity index (χ0v) is 14.4. The minimum Gasteiger partial charge on any atom is -0.309 e. The quantitative estimate of drug-likeness (QED) is 0.552. The van der Waals surface area contributed by atoms with Gasteiger partial charge in [0.25, 0.3) is 0 Å². The zero-order valence-electron chi connectivity index (χ0n) is 13.7. The van der Waals surface area contributed by atoms with Crippen molar-refractivity contribution in [3.05, 3.63) is 95.3 Å². The number of aromatic nitrogens is 2. The van der Waals surface area contributed by atoms with Gasteiger partial charge in [-0.1, -0.05) is 48.0 Å². The van der Waals surface area contributed by atoms with Gasteiger partial charge in [-0.15, -0.1) is 0 Å². The van der Waals surface area contributed by atoms with Gasteiger partial charge in [0.05, 0.1) is 11.0 Å². The topological polar surface area (TPSA) is 29.9 Å². The van der Waals surface area contributed by atoms with Gasteiger partial charge >= 0.3 is 0 Å². The van der Waals surface area contributed by atoms with Crippen LogP contribution < -0.4 is 5.32 Å². The predicted octanol–water partition coefficient (Wildman–Crippen LogP) is 4.97. The van der Waals surface area contributed by atoms with Gasteiger partial charge in [0.15, 0.2) is 0 Å². The molecular weight excluding hydrogens is 330 g/mol. The lowest BCUT2D eigenvalue weighted by molar-refractivity contribution is 0.693. The second-order valence-electron chi connectivity index (χ2n) is 6.00. The lowest BCUT2D eigenvalue weighted by atomic mass is 10.2. The third kappa shape index (κ3) is 3.58. The second kappa shape index (κ2) is 7.09. The van der Waals surface area contributed by atoms with Crippen LogP contribution in [0.15, 0.2) is 79.1 Å². The molecule has 1 aromatic heterocycles. The van der Waals surface area contributed by atoms with Gasteiger partial charge in [-0.3, -0.25) is 4.57 Å². The number of hydrogen-bond acceptors (Lipinski definition) is 2. The van der Waals surface area contributed by atoms with Crippen LogP contribution in [-0.4, -0.2) is 9.55 Å². The van der Waals surface area contributed by atoms with E-state index in [1.165, 1.54) is 11.1 Å². The number of benzene rings is 3. The Morgan fingerprint density at radius 2 is 1.44 bits per heavy atom. The molecule has 4 heteroatoms. The van der Waals surface area contributed by atoms with Crippen LogP contribution in [0.25, 0.3) is 16.7 Å². The van der Waals surface area contributed by atoms with E-state index in [1.54, 1.807) is 0 Å². The number of nitrogens with zero attached hydrogens (tertiary/aromatic N) is 2. The normalized spacial score (nSPS) is 11.1. The highest BCUT2D eigenvalue weighted by atomic mass is 35.5. The average Bonchev–Trinajstić information content (AvgIpc) is 3.08. The van der Waals surface area contributed by atoms with Crippen LogP contribution in [0, 0.1) is 0 Å². The lowest BCUT2D eigenvalue weighted by Crippen LogP contribution is -2.12. The highest BCUT2D eigenvalue weighted by Gasteiger charge is 2.03. The molecule has 0 fully saturated rings. The summed E-state index contributed by atoms with van der Waals surface area (Å²) in [4.78, 5) is 4.45. The number of nitrogens with one attached hydrogen (secondary N) is 1. The van der Waals surface area contributed by atoms with Gasteiger partial charge in [0.1, 0.15) is 6.33 Å². The summed E-state index contributed by atoms with van der Waals surface area (Å²) in [5.41, 5.74) is 5.73. The van der Waals surface area contributed by atoms with Crippen molar-refractivity contribution in [3.8, 4) is 5.69 Å². The van der Waals surface area contributed by atoms with E-state index < -0.39 is 0 Å². The number of fused-ring (bicyclic) bond motifs is 1. The molecule has 4 rings (SSSR count). The smallest absolute Gasteiger partial charge is 0.100 e. The van der Waals surface area contributed by atoms with Gasteiger partial charge in [0, 0.05) is 23.8 Å². The Hall–Kier alpha value is -2.62. The summed E-state index contributed by atoms with van der Waals surface area (Å²) in [6, 6.07) is 24.7. The summed E-state index contributed by atoms with van der Waals surface area (Å²) in [6.07, 6.45) is 1.87. The van der Waals surface area contributed by atoms with Gasteiger partial charge < -0.3 is 5.32 Å². The van der Waals surface area contributed by atoms with E-state index in [0.29, 0.717) is 0 Å². The minimum atomic E-state index is 0.770. The summed E-state index contributed by atoms with van der Waals surface area (Å²) in [7, 11) is 0. The van der Waals surface area contributed by atoms with Crippen LogP contribution in [0.4, 0.5) is 0 Å². The van der Waals surface area contributed by atoms with Crippen LogP contribution in [0.5, 0.6) is 0 Å². The molecule has 3 aromatic carbocycles. The molecular formula is C21H18ClN3. The Kier molecular flexibility index (Phi) is 4.51. The Bertz CT molecular complexity index is 972. The Morgan fingerprint density at radius 1 is 0.800 bits per heavy atom. The molecule has 3 nitrogen and oxygen atoms in total. The molecule has 0 amide bonds. The summed E-state index contributed by atoms with van der Waals surface area (Å²) >= 11 is 5.91. The van der Waals surface area contributed by atoms with E-state index in [4.69, 9.17) is 11.6 Å². The molecule has 0 radical (unpaired) electrons. The number of halogens is 1. The fourth-order valence-corrected chi connectivity index (χ4v) is 3.02. The third-order valence-corrected chi connectivity index (χ3v) is 4.49. The fraction of sp³-hybridized carbons (Fsp3) is 0.0952. The summed E-state index contributed by atoms with van der Waals surface area (Å²) in [5, 5.41) is 4.23. The minimum absolute atomic E-state index is 0.770. The maximum atomic E-state index is 5.91. The van der Waals surface area contributed by atoms with E-state index in [1.807, 2.05) is 48.8 Å². The molecule has 0 saturated carbocycles. The SMILES string of the molecule is Clc1ccc(CNCc2ccc(-n3cnc4ccccc43)cc2)cc1. The van der Waals surface area contributed by atoms with E-state index in [0.717, 1.165) is 34.8 Å². The number of hydrogen-bond donors (Lipinski definition) is 1. The standard InChI is InChI=1S/C21H18ClN3/c22-18-9-5-16(6-10-18)13-23-14-17-7-11-19(12-8-17)25-15-24-20-3-1-2-4-21(20)25/h1-12,15,23H,13-14H2.